The third-order valence-corrected chi connectivity index (χ3v) is 3.69. The van der Waals surface area contributed by atoms with E-state index in [0.717, 1.165) is 8.96 Å². The lowest BCUT2D eigenvalue weighted by Crippen LogP contribution is -2.25. The summed E-state index contributed by atoms with van der Waals surface area (Å²) in [7, 11) is 1.32. The van der Waals surface area contributed by atoms with Gasteiger partial charge in [0.05, 0.1) is 15.7 Å². The van der Waals surface area contributed by atoms with E-state index in [-0.39, 0.29) is 0 Å². The lowest BCUT2D eigenvalue weighted by molar-refractivity contribution is -0.147. The number of carbonyl (C=O) groups is 1. The number of methoxy groups -OCH3 is 1. The zero-order valence-corrected chi connectivity index (χ0v) is 13.2. The van der Waals surface area contributed by atoms with Gasteiger partial charge in [-0.1, -0.05) is 11.6 Å². The highest BCUT2D eigenvalue weighted by atomic mass is 127. The van der Waals surface area contributed by atoms with Crippen molar-refractivity contribution in [3.8, 4) is 5.75 Å². The third-order valence-electron chi connectivity index (χ3n) is 2.58. The van der Waals surface area contributed by atoms with Gasteiger partial charge in [-0.05, 0) is 47.7 Å². The summed E-state index contributed by atoms with van der Waals surface area (Å²) in [5.74, 6) is 0.105. The van der Waals surface area contributed by atoms with Crippen molar-refractivity contribution in [3.63, 3.8) is 0 Å². The van der Waals surface area contributed by atoms with E-state index in [4.69, 9.17) is 16.3 Å². The molecule has 0 amide bonds. The zero-order valence-electron chi connectivity index (χ0n) is 10.3. The van der Waals surface area contributed by atoms with Crippen LogP contribution in [0, 0.1) is 3.57 Å². The average molecular weight is 392 g/mol. The molecule has 4 nitrogen and oxygen atoms in total. The maximum Gasteiger partial charge on any atom is 0.346 e. The molecule has 100 valence electrons. The Kier molecular flexibility index (Phi) is 4.46. The summed E-state index contributed by atoms with van der Waals surface area (Å²) in [5.41, 5.74) is 0.634. The number of hydrogen-bond donors (Lipinski definition) is 0. The smallest absolute Gasteiger partial charge is 0.346 e. The van der Waals surface area contributed by atoms with Crippen LogP contribution in [0.4, 0.5) is 0 Å². The van der Waals surface area contributed by atoms with Crippen LogP contribution in [-0.4, -0.2) is 24.2 Å². The molecule has 0 radical (unpaired) electrons. The van der Waals surface area contributed by atoms with E-state index in [2.05, 4.69) is 32.3 Å². The highest BCUT2D eigenvalue weighted by Gasteiger charge is 2.19. The molecule has 0 fully saturated rings. The molecule has 2 aromatic rings. The van der Waals surface area contributed by atoms with Gasteiger partial charge in [-0.25, -0.2) is 4.79 Å². The second-order valence-electron chi connectivity index (χ2n) is 3.85. The van der Waals surface area contributed by atoms with Crippen molar-refractivity contribution >= 4 is 51.1 Å². The summed E-state index contributed by atoms with van der Waals surface area (Å²) in [6, 6.07) is 5.44. The highest BCUT2D eigenvalue weighted by molar-refractivity contribution is 14.1. The molecule has 19 heavy (non-hydrogen) atoms. The first-order valence-electron chi connectivity index (χ1n) is 5.51. The Morgan fingerprint density at radius 2 is 2.26 bits per heavy atom. The Balaban J connectivity index is 2.51. The number of fused-ring (bicyclic) bond motifs is 1. The van der Waals surface area contributed by atoms with Gasteiger partial charge in [0.15, 0.2) is 11.9 Å². The average Bonchev–Trinajstić information content (AvgIpc) is 2.42. The van der Waals surface area contributed by atoms with E-state index in [1.54, 1.807) is 25.3 Å². The molecule has 0 aliphatic heterocycles. The van der Waals surface area contributed by atoms with Crippen molar-refractivity contribution in [2.45, 2.75) is 13.0 Å². The maximum absolute atomic E-state index is 11.4. The van der Waals surface area contributed by atoms with Crippen molar-refractivity contribution in [2.24, 2.45) is 0 Å². The Morgan fingerprint density at radius 1 is 1.53 bits per heavy atom. The number of halogens is 2. The maximum atomic E-state index is 11.4. The molecule has 0 aliphatic rings. The first-order chi connectivity index (χ1) is 9.04. The third kappa shape index (κ3) is 2.92. The Morgan fingerprint density at radius 3 is 2.95 bits per heavy atom. The van der Waals surface area contributed by atoms with Crippen molar-refractivity contribution in [3.05, 3.63) is 33.0 Å². The van der Waals surface area contributed by atoms with E-state index < -0.39 is 12.1 Å². The largest absolute Gasteiger partial charge is 0.476 e. The van der Waals surface area contributed by atoms with E-state index in [1.807, 2.05) is 6.07 Å². The molecule has 0 aliphatic carbocycles. The van der Waals surface area contributed by atoms with Crippen LogP contribution in [0.2, 0.25) is 5.02 Å². The van der Waals surface area contributed by atoms with Crippen LogP contribution < -0.4 is 4.74 Å². The van der Waals surface area contributed by atoms with Crippen molar-refractivity contribution in [1.82, 2.24) is 4.98 Å². The topological polar surface area (TPSA) is 48.4 Å². The van der Waals surface area contributed by atoms with Gasteiger partial charge in [-0.3, -0.25) is 4.98 Å². The van der Waals surface area contributed by atoms with Crippen LogP contribution in [0.3, 0.4) is 0 Å². The summed E-state index contributed by atoms with van der Waals surface area (Å²) < 4.78 is 11.1. The fourth-order valence-electron chi connectivity index (χ4n) is 1.65. The summed E-state index contributed by atoms with van der Waals surface area (Å²) in [4.78, 5) is 15.7. The van der Waals surface area contributed by atoms with E-state index in [9.17, 15) is 4.79 Å². The predicted molar refractivity (Wildman–Crippen MR) is 81.6 cm³/mol. The number of hydrogen-bond acceptors (Lipinski definition) is 4. The minimum Gasteiger partial charge on any atom is -0.476 e. The predicted octanol–water partition coefficient (Wildman–Crippen LogP) is 3.43. The van der Waals surface area contributed by atoms with E-state index in [1.165, 1.54) is 7.11 Å². The minimum absolute atomic E-state index is 0.435. The summed E-state index contributed by atoms with van der Waals surface area (Å²) in [6.07, 6.45) is 0.953. The summed E-state index contributed by atoms with van der Waals surface area (Å²) in [5, 5.41) is 1.39. The number of pyridine rings is 1. The van der Waals surface area contributed by atoms with Crippen LogP contribution in [0.1, 0.15) is 6.92 Å². The van der Waals surface area contributed by atoms with Crippen molar-refractivity contribution in [1.29, 1.82) is 0 Å². The van der Waals surface area contributed by atoms with Crippen LogP contribution in [0.5, 0.6) is 5.75 Å². The molecule has 1 aromatic heterocycles. The molecule has 2 rings (SSSR count). The molecule has 0 bridgehead atoms. The van der Waals surface area contributed by atoms with Crippen LogP contribution in [-0.2, 0) is 9.53 Å². The molecular formula is C13H11ClINO3. The Bertz CT molecular complexity index is 633. The number of carbonyl (C=O) groups excluding carboxylic acids is 1. The number of aromatic nitrogens is 1. The normalized spacial score (nSPS) is 12.2. The van der Waals surface area contributed by atoms with Gasteiger partial charge in [-0.15, -0.1) is 0 Å². The van der Waals surface area contributed by atoms with Gasteiger partial charge >= 0.3 is 5.97 Å². The fraction of sp³-hybridized carbons (Fsp3) is 0.231. The van der Waals surface area contributed by atoms with Crippen LogP contribution in [0.25, 0.3) is 10.9 Å². The number of rotatable bonds is 3. The van der Waals surface area contributed by atoms with Crippen LogP contribution >= 0.6 is 34.2 Å². The molecular weight excluding hydrogens is 381 g/mol. The molecule has 0 spiro atoms. The van der Waals surface area contributed by atoms with E-state index in [0.29, 0.717) is 16.3 Å². The monoisotopic (exact) mass is 391 g/mol. The lowest BCUT2D eigenvalue weighted by Gasteiger charge is -2.15. The van der Waals surface area contributed by atoms with Gasteiger partial charge in [0.2, 0.25) is 0 Å². The first-order valence-corrected chi connectivity index (χ1v) is 6.97. The molecule has 0 N–H and O–H groups in total. The second kappa shape index (κ2) is 5.92. The van der Waals surface area contributed by atoms with Gasteiger partial charge in [0.25, 0.3) is 0 Å². The second-order valence-corrected chi connectivity index (χ2v) is 5.42. The number of nitrogens with zero attached hydrogens (tertiary/aromatic N) is 1. The van der Waals surface area contributed by atoms with Crippen molar-refractivity contribution < 1.29 is 14.3 Å². The van der Waals surface area contributed by atoms with E-state index >= 15 is 0 Å². The summed E-state index contributed by atoms with van der Waals surface area (Å²) >= 11 is 8.27. The number of ether oxygens (including phenoxy) is 2. The standard InChI is InChI=1S/C13H11ClINO3/c1-7(13(17)18-2)19-12-10(15)6-9(14)8-4-3-5-16-11(8)12/h3-7H,1-2H3/t7-/m1/s1. The SMILES string of the molecule is COC(=O)[C@@H](C)Oc1c(I)cc(Cl)c2cccnc12. The minimum atomic E-state index is -0.704. The number of esters is 1. The first kappa shape index (κ1) is 14.3. The summed E-state index contributed by atoms with van der Waals surface area (Å²) in [6.45, 7) is 1.63. The molecule has 1 heterocycles. The molecule has 6 heteroatoms. The quantitative estimate of drug-likeness (QED) is 0.594. The van der Waals surface area contributed by atoms with Crippen molar-refractivity contribution in [2.75, 3.05) is 7.11 Å². The van der Waals surface area contributed by atoms with Gasteiger partial charge < -0.3 is 9.47 Å². The zero-order chi connectivity index (χ0) is 14.0. The molecule has 1 atom stereocenters. The molecule has 0 saturated carbocycles. The number of benzene rings is 1. The van der Waals surface area contributed by atoms with Crippen LogP contribution in [0.15, 0.2) is 24.4 Å². The lowest BCUT2D eigenvalue weighted by atomic mass is 10.2. The molecule has 0 saturated heterocycles. The molecule has 1 aromatic carbocycles. The fourth-order valence-corrected chi connectivity index (χ4v) is 2.79. The highest BCUT2D eigenvalue weighted by Crippen LogP contribution is 2.35. The van der Waals surface area contributed by atoms with Gasteiger partial charge in [0.1, 0.15) is 5.52 Å². The Labute approximate surface area is 129 Å². The Hall–Kier alpha value is -1.08. The van der Waals surface area contributed by atoms with Gasteiger partial charge in [0, 0.05) is 11.6 Å². The van der Waals surface area contributed by atoms with Gasteiger partial charge in [-0.2, -0.15) is 0 Å². The molecule has 0 unspecified atom stereocenters.